The summed E-state index contributed by atoms with van der Waals surface area (Å²) < 4.78 is 45.1. The van der Waals surface area contributed by atoms with Gasteiger partial charge in [0.25, 0.3) is 0 Å². The number of thioether (sulfide) groups is 1. The van der Waals surface area contributed by atoms with Gasteiger partial charge in [0.15, 0.2) is 16.6 Å². The van der Waals surface area contributed by atoms with Crippen LogP contribution in [-0.2, 0) is 0 Å². The van der Waals surface area contributed by atoms with Gasteiger partial charge in [-0.25, -0.2) is 0 Å². The predicted octanol–water partition coefficient (Wildman–Crippen LogP) is 3.18. The van der Waals surface area contributed by atoms with E-state index in [4.69, 9.17) is 10.5 Å². The van der Waals surface area contributed by atoms with Gasteiger partial charge in [-0.2, -0.15) is 17.5 Å². The Morgan fingerprint density at radius 3 is 2.72 bits per heavy atom. The molecule has 104 valence electrons. The number of hydrogen-bond acceptors (Lipinski definition) is 6. The summed E-state index contributed by atoms with van der Waals surface area (Å²) in [6, 6.07) is 0. The van der Waals surface area contributed by atoms with Crippen LogP contribution in [0.15, 0.2) is 0 Å². The van der Waals surface area contributed by atoms with E-state index in [1.54, 1.807) is 0 Å². The maximum absolute atomic E-state index is 11.9. The van der Waals surface area contributed by atoms with E-state index in [1.165, 1.54) is 0 Å². The summed E-state index contributed by atoms with van der Waals surface area (Å²) in [6.45, 7) is 3.83. The van der Waals surface area contributed by atoms with Gasteiger partial charge in [0.2, 0.25) is 0 Å². The Kier molecular flexibility index (Phi) is 5.39. The Morgan fingerprint density at radius 2 is 2.17 bits per heavy atom. The first-order chi connectivity index (χ1) is 8.29. The fraction of sp³-hybridized carbons (Fsp3) is 0.667. The fourth-order valence-corrected chi connectivity index (χ4v) is 2.20. The molecule has 1 rings (SSSR count). The van der Waals surface area contributed by atoms with E-state index in [1.807, 2.05) is 13.8 Å². The van der Waals surface area contributed by atoms with Crippen LogP contribution in [0.1, 0.15) is 13.8 Å². The molecule has 0 aromatic carbocycles. The summed E-state index contributed by atoms with van der Waals surface area (Å²) in [5.74, 6) is 0.578. The van der Waals surface area contributed by atoms with Gasteiger partial charge in [-0.05, 0) is 37.1 Å². The second-order valence-corrected chi connectivity index (χ2v) is 5.55. The number of hydrogen-bond donors (Lipinski definition) is 2. The molecular weight excluding hydrogens is 287 g/mol. The van der Waals surface area contributed by atoms with Crippen molar-refractivity contribution in [3.63, 3.8) is 0 Å². The number of nitrogen functional groups attached to an aromatic ring is 1. The fourth-order valence-electron chi connectivity index (χ4n) is 1.09. The summed E-state index contributed by atoms with van der Waals surface area (Å²) >= 11 is 1.00. The molecule has 0 amide bonds. The molecule has 0 aliphatic heterocycles. The van der Waals surface area contributed by atoms with Crippen molar-refractivity contribution in [3.8, 4) is 5.75 Å². The number of nitrogens with zero attached hydrogens (tertiary/aromatic N) is 1. The third-order valence-corrected chi connectivity index (χ3v) is 3.22. The minimum Gasteiger partial charge on any atom is -0.484 e. The van der Waals surface area contributed by atoms with Crippen molar-refractivity contribution in [2.45, 2.75) is 25.5 Å². The molecule has 18 heavy (non-hydrogen) atoms. The van der Waals surface area contributed by atoms with Crippen molar-refractivity contribution in [2.75, 3.05) is 23.3 Å². The van der Waals surface area contributed by atoms with E-state index in [0.29, 0.717) is 10.8 Å². The molecule has 0 fully saturated rings. The number of alkyl halides is 3. The van der Waals surface area contributed by atoms with Crippen LogP contribution in [0.4, 0.5) is 24.0 Å². The molecule has 0 aliphatic carbocycles. The van der Waals surface area contributed by atoms with Crippen LogP contribution in [-0.4, -0.2) is 28.3 Å². The van der Waals surface area contributed by atoms with Gasteiger partial charge in [-0.15, -0.1) is 0 Å². The van der Waals surface area contributed by atoms with E-state index in [0.717, 1.165) is 11.5 Å². The molecule has 0 atom stereocenters. The summed E-state index contributed by atoms with van der Waals surface area (Å²) in [5, 5.41) is 3.40. The summed E-state index contributed by atoms with van der Waals surface area (Å²) in [6.07, 6.45) is -0.0752. The number of halogens is 3. The van der Waals surface area contributed by atoms with Gasteiger partial charge in [-0.3, -0.25) is 0 Å². The average Bonchev–Trinajstić information content (AvgIpc) is 2.54. The molecule has 0 aliphatic rings. The third kappa shape index (κ3) is 5.21. The second kappa shape index (κ2) is 6.37. The first-order valence-electron chi connectivity index (χ1n) is 5.16. The lowest BCUT2D eigenvalue weighted by atomic mass is 10.4. The van der Waals surface area contributed by atoms with E-state index in [9.17, 15) is 13.2 Å². The number of nitrogens with one attached hydrogen (secondary N) is 1. The third-order valence-electron chi connectivity index (χ3n) is 1.68. The topological polar surface area (TPSA) is 60.2 Å². The lowest BCUT2D eigenvalue weighted by Gasteiger charge is -2.11. The van der Waals surface area contributed by atoms with Gasteiger partial charge in [0.1, 0.15) is 0 Å². The number of anilines is 2. The zero-order valence-corrected chi connectivity index (χ0v) is 11.5. The molecule has 0 unspecified atom stereocenters. The highest BCUT2D eigenvalue weighted by atomic mass is 32.2. The van der Waals surface area contributed by atoms with E-state index in [2.05, 4.69) is 9.69 Å². The molecule has 4 nitrogen and oxygen atoms in total. The zero-order valence-electron chi connectivity index (χ0n) is 9.87. The highest BCUT2D eigenvalue weighted by Gasteiger charge is 2.27. The Labute approximate surface area is 111 Å². The van der Waals surface area contributed by atoms with Crippen LogP contribution in [0.5, 0.6) is 5.75 Å². The second-order valence-electron chi connectivity index (χ2n) is 3.61. The molecule has 0 saturated carbocycles. The van der Waals surface area contributed by atoms with Gasteiger partial charge in [0.05, 0.1) is 6.10 Å². The maximum atomic E-state index is 11.9. The number of ether oxygens (including phenoxy) is 1. The first kappa shape index (κ1) is 15.2. The molecule has 3 N–H and O–H groups in total. The molecule has 1 heterocycles. The Hall–Kier alpha value is -0.830. The molecule has 0 radical (unpaired) electrons. The van der Waals surface area contributed by atoms with Crippen molar-refractivity contribution in [3.05, 3.63) is 0 Å². The SMILES string of the molecule is CC(C)Oc1c(N)nsc1NCCSC(F)(F)F. The van der Waals surface area contributed by atoms with Crippen LogP contribution in [0, 0.1) is 0 Å². The largest absolute Gasteiger partial charge is 0.484 e. The minimum atomic E-state index is -4.20. The minimum absolute atomic E-state index is 0.0710. The van der Waals surface area contributed by atoms with Crippen LogP contribution in [0.3, 0.4) is 0 Å². The summed E-state index contributed by atoms with van der Waals surface area (Å²) in [7, 11) is 0. The van der Waals surface area contributed by atoms with E-state index in [-0.39, 0.29) is 36.0 Å². The monoisotopic (exact) mass is 301 g/mol. The predicted molar refractivity (Wildman–Crippen MR) is 69.3 cm³/mol. The normalized spacial score (nSPS) is 11.9. The number of nitrogens with two attached hydrogens (primary N) is 1. The Morgan fingerprint density at radius 1 is 1.50 bits per heavy atom. The highest BCUT2D eigenvalue weighted by Crippen LogP contribution is 2.36. The average molecular weight is 301 g/mol. The highest BCUT2D eigenvalue weighted by molar-refractivity contribution is 8.00. The van der Waals surface area contributed by atoms with Crippen molar-refractivity contribution in [2.24, 2.45) is 0 Å². The number of aromatic nitrogens is 1. The van der Waals surface area contributed by atoms with Crippen LogP contribution in [0.25, 0.3) is 0 Å². The van der Waals surface area contributed by atoms with Gasteiger partial charge < -0.3 is 15.8 Å². The van der Waals surface area contributed by atoms with Gasteiger partial charge >= 0.3 is 5.51 Å². The van der Waals surface area contributed by atoms with Crippen molar-refractivity contribution < 1.29 is 17.9 Å². The summed E-state index contributed by atoms with van der Waals surface area (Å²) in [4.78, 5) is 0. The quantitative estimate of drug-likeness (QED) is 0.790. The lowest BCUT2D eigenvalue weighted by Crippen LogP contribution is -2.11. The van der Waals surface area contributed by atoms with Crippen molar-refractivity contribution in [1.29, 1.82) is 0 Å². The summed E-state index contributed by atoms with van der Waals surface area (Å²) in [5.41, 5.74) is 1.41. The van der Waals surface area contributed by atoms with Crippen molar-refractivity contribution in [1.82, 2.24) is 4.37 Å². The zero-order chi connectivity index (χ0) is 13.8. The molecule has 1 aromatic heterocycles. The van der Waals surface area contributed by atoms with Crippen molar-refractivity contribution >= 4 is 34.1 Å². The Bertz CT molecular complexity index is 382. The molecular formula is C9H14F3N3OS2. The van der Waals surface area contributed by atoms with E-state index < -0.39 is 5.51 Å². The first-order valence-corrected chi connectivity index (χ1v) is 6.92. The Balaban J connectivity index is 2.47. The standard InChI is InChI=1S/C9H14F3N3OS2/c1-5(2)16-6-7(13)15-18-8(6)14-3-4-17-9(10,11)12/h5,14H,3-4H2,1-2H3,(H2,13,15). The molecule has 0 saturated heterocycles. The smallest absolute Gasteiger partial charge is 0.441 e. The van der Waals surface area contributed by atoms with Gasteiger partial charge in [-0.1, -0.05) is 0 Å². The lowest BCUT2D eigenvalue weighted by molar-refractivity contribution is -0.0327. The molecule has 0 spiro atoms. The van der Waals surface area contributed by atoms with E-state index >= 15 is 0 Å². The van der Waals surface area contributed by atoms with Crippen LogP contribution in [0.2, 0.25) is 0 Å². The molecule has 9 heteroatoms. The number of rotatable bonds is 6. The van der Waals surface area contributed by atoms with Gasteiger partial charge in [0, 0.05) is 12.3 Å². The van der Waals surface area contributed by atoms with Crippen LogP contribution < -0.4 is 15.8 Å². The molecule has 1 aromatic rings. The molecule has 0 bridgehead atoms. The maximum Gasteiger partial charge on any atom is 0.441 e. The van der Waals surface area contributed by atoms with Crippen LogP contribution >= 0.6 is 23.3 Å².